The molecule has 19 heavy (non-hydrogen) atoms. The zero-order valence-electron chi connectivity index (χ0n) is 12.0. The maximum Gasteiger partial charge on any atom is 0.221 e. The number of likely N-dealkylation sites (tertiary alicyclic amines) is 1. The first-order valence-corrected chi connectivity index (χ1v) is 7.33. The molecule has 2 fully saturated rings. The van der Waals surface area contributed by atoms with Crippen molar-refractivity contribution in [3.8, 4) is 0 Å². The lowest BCUT2D eigenvalue weighted by Crippen LogP contribution is -2.36. The maximum absolute atomic E-state index is 11.8. The summed E-state index contributed by atoms with van der Waals surface area (Å²) in [4.78, 5) is 14.2. The molecule has 0 bridgehead atoms. The third-order valence-corrected chi connectivity index (χ3v) is 4.51. The van der Waals surface area contributed by atoms with Crippen molar-refractivity contribution in [1.29, 1.82) is 0 Å². The van der Waals surface area contributed by atoms with E-state index in [-0.39, 0.29) is 23.7 Å². The summed E-state index contributed by atoms with van der Waals surface area (Å²) >= 11 is 0. The second-order valence-corrected chi connectivity index (χ2v) is 6.34. The van der Waals surface area contributed by atoms with E-state index in [9.17, 15) is 4.79 Å². The van der Waals surface area contributed by atoms with Gasteiger partial charge in [-0.2, -0.15) is 0 Å². The highest BCUT2D eigenvalue weighted by Crippen LogP contribution is 2.28. The molecule has 1 saturated heterocycles. The molecular formula is C14H28ClN3O. The smallest absolute Gasteiger partial charge is 0.221 e. The third kappa shape index (κ3) is 4.93. The van der Waals surface area contributed by atoms with Crippen LogP contribution >= 0.6 is 12.4 Å². The minimum absolute atomic E-state index is 0. The fourth-order valence-corrected chi connectivity index (χ4v) is 3.11. The van der Waals surface area contributed by atoms with Crippen molar-refractivity contribution >= 4 is 18.3 Å². The van der Waals surface area contributed by atoms with Crippen molar-refractivity contribution in [2.45, 2.75) is 51.5 Å². The highest BCUT2D eigenvalue weighted by molar-refractivity contribution is 5.85. The van der Waals surface area contributed by atoms with Crippen LogP contribution in [0.1, 0.15) is 45.4 Å². The Labute approximate surface area is 122 Å². The summed E-state index contributed by atoms with van der Waals surface area (Å²) in [6.07, 6.45) is 6.67. The van der Waals surface area contributed by atoms with Crippen LogP contribution in [0.5, 0.6) is 0 Å². The molecule has 112 valence electrons. The normalized spacial score (nSPS) is 28.3. The number of nitrogens with one attached hydrogen (secondary N) is 1. The molecule has 0 aromatic rings. The Bertz CT molecular complexity index is 294. The summed E-state index contributed by atoms with van der Waals surface area (Å²) in [6.45, 7) is 6.00. The van der Waals surface area contributed by atoms with Gasteiger partial charge in [0.25, 0.3) is 0 Å². The van der Waals surface area contributed by atoms with E-state index in [1.165, 1.54) is 25.7 Å². The van der Waals surface area contributed by atoms with Crippen LogP contribution < -0.4 is 11.1 Å². The van der Waals surface area contributed by atoms with Crippen molar-refractivity contribution in [2.24, 2.45) is 11.1 Å². The van der Waals surface area contributed by atoms with Gasteiger partial charge in [0.05, 0.1) is 0 Å². The van der Waals surface area contributed by atoms with Crippen LogP contribution in [0.15, 0.2) is 0 Å². The number of nitrogens with two attached hydrogens (primary N) is 1. The molecule has 1 heterocycles. The first-order valence-electron chi connectivity index (χ1n) is 7.33. The Balaban J connectivity index is 0.00000180. The summed E-state index contributed by atoms with van der Waals surface area (Å²) in [5, 5.41) is 3.15. The van der Waals surface area contributed by atoms with E-state index in [0.29, 0.717) is 12.5 Å². The fraction of sp³-hybridized carbons (Fsp3) is 0.929. The van der Waals surface area contributed by atoms with Crippen molar-refractivity contribution in [3.63, 3.8) is 0 Å². The lowest BCUT2D eigenvalue weighted by atomic mass is 9.90. The van der Waals surface area contributed by atoms with Crippen molar-refractivity contribution < 1.29 is 4.79 Å². The molecule has 0 aromatic heterocycles. The average Bonchev–Trinajstić information content (AvgIpc) is 2.97. The van der Waals surface area contributed by atoms with Crippen LogP contribution in [0.3, 0.4) is 0 Å². The number of rotatable bonds is 5. The Hall–Kier alpha value is -0.320. The molecule has 3 N–H and O–H groups in total. The molecule has 0 radical (unpaired) electrons. The number of hydrogen-bond donors (Lipinski definition) is 2. The minimum atomic E-state index is 0. The molecule has 1 aliphatic carbocycles. The van der Waals surface area contributed by atoms with Gasteiger partial charge in [0.1, 0.15) is 0 Å². The van der Waals surface area contributed by atoms with Gasteiger partial charge in [0.15, 0.2) is 0 Å². The summed E-state index contributed by atoms with van der Waals surface area (Å²) in [5.74, 6) is 0.225. The van der Waals surface area contributed by atoms with Crippen LogP contribution in [0.2, 0.25) is 0 Å². The minimum Gasteiger partial charge on any atom is -0.353 e. The van der Waals surface area contributed by atoms with E-state index in [4.69, 9.17) is 5.73 Å². The van der Waals surface area contributed by atoms with E-state index >= 15 is 0 Å². The summed E-state index contributed by atoms with van der Waals surface area (Å²) in [7, 11) is 0. The van der Waals surface area contributed by atoms with Crippen molar-refractivity contribution in [2.75, 3.05) is 26.2 Å². The molecule has 0 spiro atoms. The molecular weight excluding hydrogens is 262 g/mol. The summed E-state index contributed by atoms with van der Waals surface area (Å²) in [6, 6.07) is 0.449. The second-order valence-electron chi connectivity index (χ2n) is 6.34. The van der Waals surface area contributed by atoms with Crippen molar-refractivity contribution in [3.05, 3.63) is 0 Å². The van der Waals surface area contributed by atoms with Gasteiger partial charge in [-0.15, -0.1) is 12.4 Å². The van der Waals surface area contributed by atoms with E-state index in [2.05, 4.69) is 17.1 Å². The van der Waals surface area contributed by atoms with Gasteiger partial charge in [-0.25, -0.2) is 0 Å². The van der Waals surface area contributed by atoms with Gasteiger partial charge < -0.3 is 16.0 Å². The molecule has 2 rings (SSSR count). The van der Waals surface area contributed by atoms with Gasteiger partial charge >= 0.3 is 0 Å². The Morgan fingerprint density at radius 3 is 2.68 bits per heavy atom. The monoisotopic (exact) mass is 289 g/mol. The molecule has 1 saturated carbocycles. The molecule has 1 atom stereocenters. The van der Waals surface area contributed by atoms with Gasteiger partial charge in [-0.1, -0.05) is 19.8 Å². The number of halogens is 1. The Morgan fingerprint density at radius 1 is 1.42 bits per heavy atom. The van der Waals surface area contributed by atoms with E-state index < -0.39 is 0 Å². The molecule has 5 heteroatoms. The number of hydrogen-bond acceptors (Lipinski definition) is 3. The van der Waals surface area contributed by atoms with Crippen LogP contribution in [-0.2, 0) is 4.79 Å². The predicted molar refractivity (Wildman–Crippen MR) is 80.5 cm³/mol. The molecule has 1 amide bonds. The lowest BCUT2D eigenvalue weighted by molar-refractivity contribution is -0.122. The fourth-order valence-electron chi connectivity index (χ4n) is 3.11. The zero-order valence-corrected chi connectivity index (χ0v) is 12.8. The van der Waals surface area contributed by atoms with Gasteiger partial charge in [-0.3, -0.25) is 4.79 Å². The van der Waals surface area contributed by atoms with E-state index in [1.54, 1.807) is 0 Å². The highest BCUT2D eigenvalue weighted by atomic mass is 35.5. The average molecular weight is 290 g/mol. The van der Waals surface area contributed by atoms with Crippen LogP contribution in [-0.4, -0.2) is 43.0 Å². The van der Waals surface area contributed by atoms with E-state index in [0.717, 1.165) is 32.6 Å². The predicted octanol–water partition coefficient (Wildman–Crippen LogP) is 1.53. The van der Waals surface area contributed by atoms with Crippen molar-refractivity contribution in [1.82, 2.24) is 10.2 Å². The molecule has 4 nitrogen and oxygen atoms in total. The molecule has 2 aliphatic rings. The lowest BCUT2D eigenvalue weighted by Gasteiger charge is -2.22. The van der Waals surface area contributed by atoms with E-state index in [1.807, 2.05) is 0 Å². The SMILES string of the molecule is CC1(CN)CCN(CCC(=O)NC2CCCC2)C1.Cl. The Kier molecular flexibility index (Phi) is 6.57. The van der Waals surface area contributed by atoms with Gasteiger partial charge in [0, 0.05) is 25.6 Å². The van der Waals surface area contributed by atoms with Gasteiger partial charge in [0.2, 0.25) is 5.91 Å². The van der Waals surface area contributed by atoms with Crippen LogP contribution in [0.4, 0.5) is 0 Å². The quantitative estimate of drug-likeness (QED) is 0.807. The standard InChI is InChI=1S/C14H27N3O.ClH/c1-14(10-15)7-9-17(11-14)8-6-13(18)16-12-4-2-3-5-12;/h12H,2-11,15H2,1H3,(H,16,18);1H. The van der Waals surface area contributed by atoms with Crippen LogP contribution in [0.25, 0.3) is 0 Å². The Morgan fingerprint density at radius 2 is 2.11 bits per heavy atom. The topological polar surface area (TPSA) is 58.4 Å². The zero-order chi connectivity index (χ0) is 13.0. The molecule has 1 unspecified atom stereocenters. The first-order chi connectivity index (χ1) is 8.61. The first kappa shape index (κ1) is 16.7. The highest BCUT2D eigenvalue weighted by Gasteiger charge is 2.32. The number of nitrogens with zero attached hydrogens (tertiary/aromatic N) is 1. The maximum atomic E-state index is 11.8. The molecule has 1 aliphatic heterocycles. The summed E-state index contributed by atoms with van der Waals surface area (Å²) < 4.78 is 0. The number of carbonyl (C=O) groups excluding carboxylic acids is 1. The van der Waals surface area contributed by atoms with Gasteiger partial charge in [-0.05, 0) is 37.8 Å². The second kappa shape index (κ2) is 7.46. The third-order valence-electron chi connectivity index (χ3n) is 4.51. The largest absolute Gasteiger partial charge is 0.353 e. The number of amides is 1. The van der Waals surface area contributed by atoms with Crippen LogP contribution in [0, 0.1) is 5.41 Å². The number of carbonyl (C=O) groups is 1. The molecule has 0 aromatic carbocycles. The summed E-state index contributed by atoms with van der Waals surface area (Å²) in [5.41, 5.74) is 6.05.